The van der Waals surface area contributed by atoms with Crippen LogP contribution in [0, 0.1) is 11.8 Å². The van der Waals surface area contributed by atoms with Gasteiger partial charge in [-0.2, -0.15) is 0 Å². The van der Waals surface area contributed by atoms with Gasteiger partial charge in [0.05, 0.1) is 24.5 Å². The second-order valence-corrected chi connectivity index (χ2v) is 6.94. The number of nitrogens with one attached hydrogen (secondary N) is 1. The van der Waals surface area contributed by atoms with Crippen molar-refractivity contribution in [2.45, 2.75) is 30.6 Å². The zero-order valence-electron chi connectivity index (χ0n) is 12.6. The van der Waals surface area contributed by atoms with Crippen molar-refractivity contribution >= 4 is 17.5 Å². The number of carbonyl (C=O) groups excluding carboxylic acids is 2. The van der Waals surface area contributed by atoms with Crippen LogP contribution in [0.5, 0.6) is 0 Å². The molecule has 1 aromatic carbocycles. The minimum absolute atomic E-state index is 0.000929. The molecule has 3 aliphatic heterocycles. The first-order valence-electron chi connectivity index (χ1n) is 8.22. The summed E-state index contributed by atoms with van der Waals surface area (Å²) in [4.78, 5) is 27.4. The van der Waals surface area contributed by atoms with Crippen LogP contribution in [0.1, 0.15) is 12.8 Å². The lowest BCUT2D eigenvalue weighted by Crippen LogP contribution is -2.44. The molecule has 5 heteroatoms. The summed E-state index contributed by atoms with van der Waals surface area (Å²) in [6.07, 6.45) is 5.76. The van der Waals surface area contributed by atoms with E-state index in [-0.39, 0.29) is 17.9 Å². The molecule has 118 valence electrons. The van der Waals surface area contributed by atoms with Gasteiger partial charge in [0.1, 0.15) is 5.60 Å². The predicted molar refractivity (Wildman–Crippen MR) is 83.7 cm³/mol. The Bertz CT molecular complexity index is 712. The first-order valence-corrected chi connectivity index (χ1v) is 8.22. The number of rotatable bonds is 3. The van der Waals surface area contributed by atoms with E-state index in [4.69, 9.17) is 4.74 Å². The fourth-order valence-corrected chi connectivity index (χ4v) is 4.15. The van der Waals surface area contributed by atoms with Crippen molar-refractivity contribution < 1.29 is 14.3 Å². The van der Waals surface area contributed by atoms with Crippen LogP contribution in [-0.4, -0.2) is 36.1 Å². The third-order valence-electron chi connectivity index (χ3n) is 5.39. The summed E-state index contributed by atoms with van der Waals surface area (Å²) in [5.41, 5.74) is 0.228. The van der Waals surface area contributed by atoms with Crippen LogP contribution >= 0.6 is 0 Å². The number of anilines is 1. The minimum Gasteiger partial charge on any atom is -0.360 e. The Morgan fingerprint density at radius 1 is 1.26 bits per heavy atom. The molecule has 0 aromatic heterocycles. The molecule has 0 unspecified atom stereocenters. The van der Waals surface area contributed by atoms with Gasteiger partial charge in [-0.25, -0.2) is 0 Å². The molecule has 1 aromatic rings. The Morgan fingerprint density at radius 2 is 2.04 bits per heavy atom. The van der Waals surface area contributed by atoms with Crippen molar-refractivity contribution in [3.8, 4) is 0 Å². The molecular weight excluding hydrogens is 292 g/mol. The lowest BCUT2D eigenvalue weighted by atomic mass is 9.77. The molecule has 5 nitrogen and oxygen atoms in total. The molecule has 4 aliphatic rings. The van der Waals surface area contributed by atoms with E-state index in [1.54, 1.807) is 4.90 Å². The van der Waals surface area contributed by atoms with E-state index in [2.05, 4.69) is 5.32 Å². The van der Waals surface area contributed by atoms with E-state index in [1.165, 1.54) is 0 Å². The molecule has 2 saturated heterocycles. The number of nitrogens with zero attached hydrogens (tertiary/aromatic N) is 1. The first kappa shape index (κ1) is 13.3. The normalized spacial score (nSPS) is 37.3. The zero-order chi connectivity index (χ0) is 15.6. The molecule has 3 fully saturated rings. The highest BCUT2D eigenvalue weighted by Gasteiger charge is 2.67. The minimum atomic E-state index is -0.636. The molecule has 0 radical (unpaired) electrons. The number of amides is 2. The third kappa shape index (κ3) is 1.83. The van der Waals surface area contributed by atoms with Gasteiger partial charge in [0.2, 0.25) is 11.8 Å². The van der Waals surface area contributed by atoms with Gasteiger partial charge in [-0.3, -0.25) is 9.59 Å². The van der Waals surface area contributed by atoms with Crippen molar-refractivity contribution in [3.05, 3.63) is 42.5 Å². The molecule has 2 bridgehead atoms. The van der Waals surface area contributed by atoms with Gasteiger partial charge >= 0.3 is 0 Å². The van der Waals surface area contributed by atoms with Crippen LogP contribution in [0.2, 0.25) is 0 Å². The van der Waals surface area contributed by atoms with E-state index < -0.39 is 17.4 Å². The van der Waals surface area contributed by atoms with Crippen molar-refractivity contribution in [1.29, 1.82) is 0 Å². The SMILES string of the molecule is O=C(NC1CC1)[C@@H]1[C@@H]2C=C[C@@]3(CN(c4ccccc4)C(=O)[C@H]13)O2. The van der Waals surface area contributed by atoms with Gasteiger partial charge < -0.3 is 15.0 Å². The molecule has 1 spiro atoms. The highest BCUT2D eigenvalue weighted by atomic mass is 16.5. The average molecular weight is 310 g/mol. The van der Waals surface area contributed by atoms with Crippen LogP contribution in [0.3, 0.4) is 0 Å². The summed E-state index contributed by atoms with van der Waals surface area (Å²) in [5.74, 6) is -0.839. The molecule has 23 heavy (non-hydrogen) atoms. The second-order valence-electron chi connectivity index (χ2n) is 6.94. The van der Waals surface area contributed by atoms with E-state index in [9.17, 15) is 9.59 Å². The first-order chi connectivity index (χ1) is 11.2. The number of hydrogen-bond donors (Lipinski definition) is 1. The van der Waals surface area contributed by atoms with Gasteiger partial charge in [0.25, 0.3) is 0 Å². The number of hydrogen-bond acceptors (Lipinski definition) is 3. The standard InChI is InChI=1S/C18H18N2O3/c21-16(19-11-6-7-11)14-13-8-9-18(23-13)10-20(17(22)15(14)18)12-4-2-1-3-5-12/h1-5,8-9,11,13-15H,6-7,10H2,(H,19,21)/t13-,14+,15-,18-/m0/s1. The smallest absolute Gasteiger partial charge is 0.234 e. The maximum absolute atomic E-state index is 13.0. The van der Waals surface area contributed by atoms with E-state index >= 15 is 0 Å². The summed E-state index contributed by atoms with van der Waals surface area (Å²) in [7, 11) is 0. The fraction of sp³-hybridized carbons (Fsp3) is 0.444. The number of para-hydroxylation sites is 1. The third-order valence-corrected chi connectivity index (χ3v) is 5.39. The van der Waals surface area contributed by atoms with E-state index in [1.807, 2.05) is 42.5 Å². The zero-order valence-corrected chi connectivity index (χ0v) is 12.6. The van der Waals surface area contributed by atoms with Crippen molar-refractivity contribution in [2.24, 2.45) is 11.8 Å². The summed E-state index contributed by atoms with van der Waals surface area (Å²) in [6, 6.07) is 9.90. The topological polar surface area (TPSA) is 58.6 Å². The molecule has 5 rings (SSSR count). The highest BCUT2D eigenvalue weighted by molar-refractivity contribution is 6.03. The Morgan fingerprint density at radius 3 is 2.78 bits per heavy atom. The quantitative estimate of drug-likeness (QED) is 0.855. The van der Waals surface area contributed by atoms with Crippen molar-refractivity contribution in [2.75, 3.05) is 11.4 Å². The van der Waals surface area contributed by atoms with E-state index in [0.717, 1.165) is 18.5 Å². The molecule has 1 N–H and O–H groups in total. The van der Waals surface area contributed by atoms with Gasteiger partial charge in [0, 0.05) is 11.7 Å². The lowest BCUT2D eigenvalue weighted by molar-refractivity contribution is -0.132. The van der Waals surface area contributed by atoms with Crippen LogP contribution < -0.4 is 10.2 Å². The maximum Gasteiger partial charge on any atom is 0.234 e. The monoisotopic (exact) mass is 310 g/mol. The Kier molecular flexibility index (Phi) is 2.57. The van der Waals surface area contributed by atoms with Crippen LogP contribution in [0.15, 0.2) is 42.5 Å². The van der Waals surface area contributed by atoms with Crippen LogP contribution in [-0.2, 0) is 14.3 Å². The molecule has 4 atom stereocenters. The number of benzene rings is 1. The summed E-state index contributed by atoms with van der Waals surface area (Å²) >= 11 is 0. The highest BCUT2D eigenvalue weighted by Crippen LogP contribution is 2.52. The largest absolute Gasteiger partial charge is 0.360 e. The van der Waals surface area contributed by atoms with Crippen LogP contribution in [0.4, 0.5) is 5.69 Å². The van der Waals surface area contributed by atoms with Gasteiger partial charge in [-0.05, 0) is 25.0 Å². The maximum atomic E-state index is 13.0. The molecule has 1 saturated carbocycles. The van der Waals surface area contributed by atoms with Crippen LogP contribution in [0.25, 0.3) is 0 Å². The Hall–Kier alpha value is -2.14. The van der Waals surface area contributed by atoms with Gasteiger partial charge in [-0.15, -0.1) is 0 Å². The molecule has 2 amide bonds. The van der Waals surface area contributed by atoms with Crippen molar-refractivity contribution in [1.82, 2.24) is 5.32 Å². The fourth-order valence-electron chi connectivity index (χ4n) is 4.15. The van der Waals surface area contributed by atoms with Gasteiger partial charge in [0.15, 0.2) is 0 Å². The van der Waals surface area contributed by atoms with Crippen molar-refractivity contribution in [3.63, 3.8) is 0 Å². The van der Waals surface area contributed by atoms with E-state index in [0.29, 0.717) is 12.6 Å². The number of fused-ring (bicyclic) bond motifs is 1. The molecule has 1 aliphatic carbocycles. The second kappa shape index (κ2) is 4.45. The number of ether oxygens (including phenoxy) is 1. The Labute approximate surface area is 134 Å². The summed E-state index contributed by atoms with van der Waals surface area (Å²) < 4.78 is 6.11. The average Bonchev–Trinajstić information content (AvgIpc) is 3.09. The summed E-state index contributed by atoms with van der Waals surface area (Å²) in [5, 5.41) is 3.04. The number of carbonyl (C=O) groups is 2. The van der Waals surface area contributed by atoms with Gasteiger partial charge in [-0.1, -0.05) is 30.4 Å². The summed E-state index contributed by atoms with van der Waals surface area (Å²) in [6.45, 7) is 0.487. The Balaban J connectivity index is 1.48. The molecular formula is C18H18N2O3. The lowest BCUT2D eigenvalue weighted by Gasteiger charge is -2.23. The molecule has 3 heterocycles. The predicted octanol–water partition coefficient (Wildman–Crippen LogP) is 1.25.